The quantitative estimate of drug-likeness (QED) is 0.522. The molecule has 1 aromatic carbocycles. The third-order valence-corrected chi connectivity index (χ3v) is 8.48. The van der Waals surface area contributed by atoms with Gasteiger partial charge in [0.2, 0.25) is 11.8 Å². The number of nitrogens with zero attached hydrogens (tertiary/aromatic N) is 1. The second kappa shape index (κ2) is 10.0. The summed E-state index contributed by atoms with van der Waals surface area (Å²) >= 11 is 0. The van der Waals surface area contributed by atoms with Crippen molar-refractivity contribution in [2.45, 2.75) is 90.0 Å². The average molecular weight is 487 g/mol. The summed E-state index contributed by atoms with van der Waals surface area (Å²) in [5.74, 6) is -1.46. The number of rotatable bonds is 4. The summed E-state index contributed by atoms with van der Waals surface area (Å²) in [6.07, 6.45) is 8.07. The van der Waals surface area contributed by atoms with Crippen molar-refractivity contribution >= 4 is 11.8 Å². The zero-order valence-electron chi connectivity index (χ0n) is 21.5. The first-order valence-corrected chi connectivity index (χ1v) is 13.2. The van der Waals surface area contributed by atoms with Gasteiger partial charge in [0.1, 0.15) is 11.6 Å². The van der Waals surface area contributed by atoms with Gasteiger partial charge in [-0.2, -0.15) is 0 Å². The highest BCUT2D eigenvalue weighted by Crippen LogP contribution is 2.48. The molecular weight excluding hydrogens is 446 g/mol. The lowest BCUT2D eigenvalue weighted by Gasteiger charge is -2.48. The van der Waals surface area contributed by atoms with Gasteiger partial charge >= 0.3 is 0 Å². The Morgan fingerprint density at radius 2 is 1.71 bits per heavy atom. The Hall–Kier alpha value is -2.24. The number of piperidine rings is 1. The molecule has 0 bridgehead atoms. The van der Waals surface area contributed by atoms with Crippen LogP contribution in [0.15, 0.2) is 30.4 Å². The van der Waals surface area contributed by atoms with E-state index in [1.54, 1.807) is 0 Å². The number of benzene rings is 1. The molecule has 3 aliphatic rings. The van der Waals surface area contributed by atoms with Crippen LogP contribution < -0.4 is 5.32 Å². The van der Waals surface area contributed by atoms with Gasteiger partial charge in [-0.1, -0.05) is 37.5 Å². The van der Waals surface area contributed by atoms with Crippen molar-refractivity contribution in [1.82, 2.24) is 10.2 Å². The van der Waals surface area contributed by atoms with Crippen molar-refractivity contribution in [3.05, 3.63) is 47.5 Å². The number of carbonyl (C=O) groups is 2. The second-order valence-electron chi connectivity index (χ2n) is 12.1. The summed E-state index contributed by atoms with van der Waals surface area (Å²) in [5, 5.41) is 3.25. The van der Waals surface area contributed by atoms with Crippen LogP contribution >= 0.6 is 0 Å². The topological polar surface area (TPSA) is 49.4 Å². The molecule has 0 radical (unpaired) electrons. The van der Waals surface area contributed by atoms with E-state index in [1.807, 2.05) is 25.7 Å². The number of likely N-dealkylation sites (tertiary alicyclic amines) is 1. The molecule has 6 heteroatoms. The summed E-state index contributed by atoms with van der Waals surface area (Å²) < 4.78 is 28.1. The van der Waals surface area contributed by atoms with Gasteiger partial charge in [0.05, 0.1) is 5.41 Å². The van der Waals surface area contributed by atoms with E-state index >= 15 is 0 Å². The van der Waals surface area contributed by atoms with E-state index in [0.29, 0.717) is 50.3 Å². The van der Waals surface area contributed by atoms with Gasteiger partial charge in [-0.3, -0.25) is 9.59 Å². The summed E-state index contributed by atoms with van der Waals surface area (Å²) in [7, 11) is 0. The predicted molar refractivity (Wildman–Crippen MR) is 134 cm³/mol. The number of hydrogen-bond donors (Lipinski definition) is 1. The third kappa shape index (κ3) is 5.46. The van der Waals surface area contributed by atoms with Crippen molar-refractivity contribution in [2.24, 2.45) is 17.3 Å². The van der Waals surface area contributed by atoms with Crippen LogP contribution in [0, 0.1) is 28.9 Å². The number of halogens is 2. The summed E-state index contributed by atoms with van der Waals surface area (Å²) in [6.45, 7) is 11.2. The van der Waals surface area contributed by atoms with E-state index in [9.17, 15) is 18.4 Å². The first-order chi connectivity index (χ1) is 16.5. The van der Waals surface area contributed by atoms with Gasteiger partial charge in [0.15, 0.2) is 0 Å². The normalized spacial score (nSPS) is 25.5. The van der Waals surface area contributed by atoms with Crippen LogP contribution in [0.4, 0.5) is 8.78 Å². The molecule has 1 heterocycles. The molecule has 0 spiro atoms. The molecule has 2 atom stereocenters. The van der Waals surface area contributed by atoms with Crippen molar-refractivity contribution < 1.29 is 18.4 Å². The smallest absolute Gasteiger partial charge is 0.227 e. The number of allylic oxidation sites excluding steroid dienone is 1. The highest BCUT2D eigenvalue weighted by molar-refractivity contribution is 5.85. The van der Waals surface area contributed by atoms with E-state index < -0.39 is 23.0 Å². The Labute approximate surface area is 208 Å². The third-order valence-electron chi connectivity index (χ3n) is 8.48. The zero-order chi connectivity index (χ0) is 25.4. The lowest BCUT2D eigenvalue weighted by molar-refractivity contribution is -0.148. The molecule has 1 N–H and O–H groups in total. The molecule has 4 nitrogen and oxygen atoms in total. The summed E-state index contributed by atoms with van der Waals surface area (Å²) in [5.41, 5.74) is 0.575. The minimum atomic E-state index is -0.616. The van der Waals surface area contributed by atoms with Gasteiger partial charge in [-0.05, 0) is 76.8 Å². The van der Waals surface area contributed by atoms with Crippen LogP contribution in [0.3, 0.4) is 0 Å². The van der Waals surface area contributed by atoms with E-state index in [4.69, 9.17) is 0 Å². The molecule has 192 valence electrons. The van der Waals surface area contributed by atoms with E-state index in [-0.39, 0.29) is 23.3 Å². The fourth-order valence-electron chi connectivity index (χ4n) is 6.68. The minimum Gasteiger partial charge on any atom is -0.351 e. The first kappa shape index (κ1) is 25.8. The molecule has 3 fully saturated rings. The molecule has 0 unspecified atom stereocenters. The Morgan fingerprint density at radius 3 is 2.31 bits per heavy atom. The Kier molecular flexibility index (Phi) is 7.40. The fraction of sp³-hybridized carbons (Fsp3) is 0.655. The predicted octanol–water partition coefficient (Wildman–Crippen LogP) is 6.12. The largest absolute Gasteiger partial charge is 0.351 e. The van der Waals surface area contributed by atoms with Gasteiger partial charge in [-0.25, -0.2) is 8.78 Å². The van der Waals surface area contributed by atoms with Crippen molar-refractivity contribution in [3.8, 4) is 0 Å². The van der Waals surface area contributed by atoms with Gasteiger partial charge in [0.25, 0.3) is 0 Å². The van der Waals surface area contributed by atoms with Crippen LogP contribution in [-0.2, 0) is 9.59 Å². The maximum absolute atomic E-state index is 14.6. The van der Waals surface area contributed by atoms with Crippen molar-refractivity contribution in [2.75, 3.05) is 13.1 Å². The lowest BCUT2D eigenvalue weighted by atomic mass is 9.63. The summed E-state index contributed by atoms with van der Waals surface area (Å²) in [4.78, 5) is 29.2. The van der Waals surface area contributed by atoms with Crippen molar-refractivity contribution in [1.29, 1.82) is 0 Å². The first-order valence-electron chi connectivity index (χ1n) is 13.2. The zero-order valence-corrected chi connectivity index (χ0v) is 21.5. The Bertz CT molecular complexity index is 969. The number of nitrogens with one attached hydrogen (secondary N) is 1. The summed E-state index contributed by atoms with van der Waals surface area (Å²) in [6, 6.07) is 3.62. The van der Waals surface area contributed by atoms with E-state index in [2.05, 4.69) is 11.9 Å². The van der Waals surface area contributed by atoms with Crippen LogP contribution in [0.1, 0.15) is 90.0 Å². The van der Waals surface area contributed by atoms with Crippen molar-refractivity contribution in [3.63, 3.8) is 0 Å². The fourth-order valence-corrected chi connectivity index (χ4v) is 6.68. The highest BCUT2D eigenvalue weighted by atomic mass is 19.1. The number of amides is 2. The molecule has 2 amide bonds. The molecule has 2 saturated carbocycles. The monoisotopic (exact) mass is 486 g/mol. The van der Waals surface area contributed by atoms with Crippen LogP contribution in [0.5, 0.6) is 0 Å². The highest BCUT2D eigenvalue weighted by Gasteiger charge is 2.50. The van der Waals surface area contributed by atoms with Gasteiger partial charge in [0, 0.05) is 36.5 Å². The SMILES string of the molecule is C=C1C[C@H](c2ccc(F)cc2F)[C@H](C(=O)N2CCC(C(=O)NC(C)(C)C)(C3CCCCC3)CC2)C1. The molecule has 4 rings (SSSR count). The standard InChI is InChI=1S/C29H40F2N2O2/c1-19-16-23(22-11-10-21(30)18-25(22)31)24(17-19)26(34)33-14-12-29(13-15-33,20-8-6-5-7-9-20)27(35)32-28(2,3)4/h10-11,18,20,23-24H,1,5-9,12-17H2,2-4H3,(H,32,35)/t23-,24-/m1/s1. The second-order valence-corrected chi connectivity index (χ2v) is 12.1. The molecule has 1 aliphatic heterocycles. The number of carbonyl (C=O) groups excluding carboxylic acids is 2. The maximum atomic E-state index is 14.6. The van der Waals surface area contributed by atoms with Crippen LogP contribution in [0.2, 0.25) is 0 Å². The van der Waals surface area contributed by atoms with E-state index in [1.165, 1.54) is 18.6 Å². The number of hydrogen-bond acceptors (Lipinski definition) is 2. The van der Waals surface area contributed by atoms with Crippen LogP contribution in [0.25, 0.3) is 0 Å². The minimum absolute atomic E-state index is 0.00542. The Morgan fingerprint density at radius 1 is 1.06 bits per heavy atom. The maximum Gasteiger partial charge on any atom is 0.227 e. The lowest BCUT2D eigenvalue weighted by Crippen LogP contribution is -2.57. The molecule has 35 heavy (non-hydrogen) atoms. The molecule has 2 aliphatic carbocycles. The van der Waals surface area contributed by atoms with E-state index in [0.717, 1.165) is 37.3 Å². The molecular formula is C29H40F2N2O2. The molecule has 0 aromatic heterocycles. The molecule has 1 aromatic rings. The molecule has 1 saturated heterocycles. The average Bonchev–Trinajstić information content (AvgIpc) is 3.19. The van der Waals surface area contributed by atoms with Gasteiger partial charge in [-0.15, -0.1) is 0 Å². The van der Waals surface area contributed by atoms with Gasteiger partial charge < -0.3 is 10.2 Å². The van der Waals surface area contributed by atoms with Crippen LogP contribution in [-0.4, -0.2) is 35.3 Å². The Balaban J connectivity index is 1.51.